The summed E-state index contributed by atoms with van der Waals surface area (Å²) in [6.45, 7) is 5.32. The lowest BCUT2D eigenvalue weighted by Crippen LogP contribution is -2.44. The summed E-state index contributed by atoms with van der Waals surface area (Å²) in [5.41, 5.74) is -5.65. The maximum Gasteiger partial charge on any atom is 0.485 e. The first-order chi connectivity index (χ1) is 9.27. The summed E-state index contributed by atoms with van der Waals surface area (Å²) in [6, 6.07) is 0. The number of nitrogens with zero attached hydrogens (tertiary/aromatic N) is 1. The second-order valence-corrected chi connectivity index (χ2v) is 5.98. The fourth-order valence-electron chi connectivity index (χ4n) is 1.14. The van der Waals surface area contributed by atoms with E-state index in [0.717, 1.165) is 13.0 Å². The molecule has 7 nitrogen and oxygen atoms in total. The predicted octanol–water partition coefficient (Wildman–Crippen LogP) is 0.150. The SMILES string of the molecule is C=CC(=O)C[N+](C)(C)CCCON.O=S(=O)([O-])C(F)(F)F. The maximum atomic E-state index is 11.1. The van der Waals surface area contributed by atoms with E-state index in [2.05, 4.69) is 11.4 Å². The second-order valence-electron chi connectivity index (χ2n) is 4.61. The minimum absolute atomic E-state index is 0.0682. The largest absolute Gasteiger partial charge is 0.741 e. The lowest BCUT2D eigenvalue weighted by Gasteiger charge is -2.28. The van der Waals surface area contributed by atoms with E-state index in [0.29, 0.717) is 17.6 Å². The van der Waals surface area contributed by atoms with Gasteiger partial charge in [0.2, 0.25) is 5.78 Å². The van der Waals surface area contributed by atoms with Crippen LogP contribution in [0.5, 0.6) is 0 Å². The summed E-state index contributed by atoms with van der Waals surface area (Å²) in [6.07, 6.45) is 2.22. The monoisotopic (exact) mass is 336 g/mol. The van der Waals surface area contributed by atoms with Gasteiger partial charge in [0, 0.05) is 6.42 Å². The van der Waals surface area contributed by atoms with Gasteiger partial charge in [-0.1, -0.05) is 6.58 Å². The van der Waals surface area contributed by atoms with Crippen molar-refractivity contribution < 1.29 is 40.3 Å². The molecule has 0 unspecified atom stereocenters. The Bertz CT molecular complexity index is 434. The molecule has 126 valence electrons. The van der Waals surface area contributed by atoms with Gasteiger partial charge < -0.3 is 13.9 Å². The summed E-state index contributed by atoms with van der Waals surface area (Å²) in [4.78, 5) is 15.5. The smallest absolute Gasteiger partial charge is 0.485 e. The molecule has 0 amide bonds. The van der Waals surface area contributed by atoms with Crippen molar-refractivity contribution in [3.8, 4) is 0 Å². The van der Waals surface area contributed by atoms with Crippen molar-refractivity contribution >= 4 is 15.9 Å². The number of carbonyl (C=O) groups excluding carboxylic acids is 1. The summed E-state index contributed by atoms with van der Waals surface area (Å²) < 4.78 is 59.5. The summed E-state index contributed by atoms with van der Waals surface area (Å²) >= 11 is 0. The highest BCUT2D eigenvalue weighted by molar-refractivity contribution is 7.86. The number of halogens is 3. The number of alkyl halides is 3. The zero-order valence-corrected chi connectivity index (χ0v) is 12.5. The van der Waals surface area contributed by atoms with Crippen LogP contribution in [0.1, 0.15) is 6.42 Å². The Labute approximate surface area is 121 Å². The molecule has 2 N–H and O–H groups in total. The van der Waals surface area contributed by atoms with Crippen LogP contribution < -0.4 is 5.90 Å². The van der Waals surface area contributed by atoms with E-state index in [4.69, 9.17) is 18.9 Å². The molecule has 0 heterocycles. The Hall–Kier alpha value is -1.01. The van der Waals surface area contributed by atoms with Crippen molar-refractivity contribution in [3.05, 3.63) is 12.7 Å². The van der Waals surface area contributed by atoms with E-state index in [1.807, 2.05) is 14.1 Å². The molecule has 21 heavy (non-hydrogen) atoms. The molecule has 0 bridgehead atoms. The van der Waals surface area contributed by atoms with Gasteiger partial charge >= 0.3 is 5.51 Å². The fraction of sp³-hybridized carbons (Fsp3) is 0.700. The van der Waals surface area contributed by atoms with Crippen LogP contribution in [0.3, 0.4) is 0 Å². The molecular weight excluding hydrogens is 317 g/mol. The highest BCUT2D eigenvalue weighted by Gasteiger charge is 2.36. The first-order valence-corrected chi connectivity index (χ1v) is 6.99. The van der Waals surface area contributed by atoms with E-state index in [1.165, 1.54) is 6.08 Å². The molecule has 0 atom stereocenters. The Morgan fingerprint density at radius 3 is 2.14 bits per heavy atom. The van der Waals surface area contributed by atoms with Crippen LogP contribution in [0.4, 0.5) is 13.2 Å². The van der Waals surface area contributed by atoms with Gasteiger partial charge in [-0.05, 0) is 6.08 Å². The van der Waals surface area contributed by atoms with Crippen LogP contribution in [0.15, 0.2) is 12.7 Å². The van der Waals surface area contributed by atoms with Crippen molar-refractivity contribution in [2.75, 3.05) is 33.8 Å². The van der Waals surface area contributed by atoms with Crippen LogP contribution in [-0.4, -0.2) is 62.5 Å². The summed E-state index contributed by atoms with van der Waals surface area (Å²) in [7, 11) is -2.09. The average Bonchev–Trinajstić information content (AvgIpc) is 2.26. The van der Waals surface area contributed by atoms with Gasteiger partial charge in [0.15, 0.2) is 10.1 Å². The van der Waals surface area contributed by atoms with E-state index < -0.39 is 15.6 Å². The molecule has 0 aliphatic carbocycles. The molecule has 0 rings (SSSR count). The molecule has 0 aliphatic rings. The topological polar surface area (TPSA) is 110 Å². The number of hydrogen-bond donors (Lipinski definition) is 1. The Kier molecular flexibility index (Phi) is 9.65. The highest BCUT2D eigenvalue weighted by atomic mass is 32.2. The third kappa shape index (κ3) is 12.4. The maximum absolute atomic E-state index is 11.1. The van der Waals surface area contributed by atoms with Crippen molar-refractivity contribution in [2.24, 2.45) is 5.90 Å². The van der Waals surface area contributed by atoms with Crippen LogP contribution in [-0.2, 0) is 19.8 Å². The molecule has 0 radical (unpaired) electrons. The third-order valence-electron chi connectivity index (χ3n) is 2.12. The number of hydrogen-bond acceptors (Lipinski definition) is 6. The predicted molar refractivity (Wildman–Crippen MR) is 67.6 cm³/mol. The Balaban J connectivity index is 0. The average molecular weight is 336 g/mol. The van der Waals surface area contributed by atoms with Gasteiger partial charge in [0.05, 0.1) is 27.2 Å². The quantitative estimate of drug-likeness (QED) is 0.177. The molecule has 0 spiro atoms. The molecule has 0 aromatic rings. The zero-order valence-electron chi connectivity index (χ0n) is 11.7. The lowest BCUT2D eigenvalue weighted by atomic mass is 10.3. The first kappa shape index (κ1) is 22.3. The van der Waals surface area contributed by atoms with Crippen LogP contribution in [0.25, 0.3) is 0 Å². The molecule has 0 saturated heterocycles. The van der Waals surface area contributed by atoms with E-state index >= 15 is 0 Å². The summed E-state index contributed by atoms with van der Waals surface area (Å²) in [5, 5.41) is 0. The molecule has 11 heteroatoms. The molecule has 0 aromatic carbocycles. The van der Waals surface area contributed by atoms with Gasteiger partial charge in [0.25, 0.3) is 0 Å². The molecular formula is C10H19F3N2O5S. The van der Waals surface area contributed by atoms with E-state index in [-0.39, 0.29) is 5.78 Å². The number of quaternary nitrogens is 1. The number of likely N-dealkylation sites (N-methyl/N-ethyl adjacent to an activating group) is 1. The minimum atomic E-state index is -6.09. The molecule has 0 aliphatic heterocycles. The van der Waals surface area contributed by atoms with Crippen LogP contribution in [0.2, 0.25) is 0 Å². The van der Waals surface area contributed by atoms with E-state index in [9.17, 15) is 18.0 Å². The van der Waals surface area contributed by atoms with Gasteiger partial charge in [-0.2, -0.15) is 13.2 Å². The van der Waals surface area contributed by atoms with Gasteiger partial charge in [-0.15, -0.1) is 0 Å². The standard InChI is InChI=1S/C9H19N2O2.CHF3O3S/c1-4-9(12)8-11(2,3)6-5-7-13-10;2-1(3,4)8(5,6)7/h4H,1,5-8,10H2,2-3H3;(H,5,6,7)/q+1;/p-1. The van der Waals surface area contributed by atoms with Crippen molar-refractivity contribution in [3.63, 3.8) is 0 Å². The number of nitrogens with two attached hydrogens (primary N) is 1. The normalized spacial score (nSPS) is 12.3. The molecule has 0 aromatic heterocycles. The van der Waals surface area contributed by atoms with Crippen molar-refractivity contribution in [2.45, 2.75) is 11.9 Å². The summed E-state index contributed by atoms with van der Waals surface area (Å²) in [5.74, 6) is 4.96. The lowest BCUT2D eigenvalue weighted by molar-refractivity contribution is -0.882. The fourth-order valence-corrected chi connectivity index (χ4v) is 1.14. The van der Waals surface area contributed by atoms with Crippen LogP contribution in [0, 0.1) is 0 Å². The molecule has 0 saturated carbocycles. The third-order valence-corrected chi connectivity index (χ3v) is 2.69. The van der Waals surface area contributed by atoms with Crippen molar-refractivity contribution in [1.29, 1.82) is 0 Å². The van der Waals surface area contributed by atoms with Crippen molar-refractivity contribution in [1.82, 2.24) is 0 Å². The Morgan fingerprint density at radius 2 is 1.86 bits per heavy atom. The van der Waals surface area contributed by atoms with Gasteiger partial charge in [-0.25, -0.2) is 14.3 Å². The molecule has 0 fully saturated rings. The first-order valence-electron chi connectivity index (χ1n) is 5.58. The minimum Gasteiger partial charge on any atom is -0.741 e. The number of ketones is 1. The number of carbonyl (C=O) groups is 1. The number of rotatable bonds is 7. The van der Waals surface area contributed by atoms with Crippen LogP contribution >= 0.6 is 0 Å². The highest BCUT2D eigenvalue weighted by Crippen LogP contribution is 2.20. The Morgan fingerprint density at radius 1 is 1.43 bits per heavy atom. The zero-order chi connectivity index (χ0) is 17.3. The van der Waals surface area contributed by atoms with Gasteiger partial charge in [-0.3, -0.25) is 4.79 Å². The van der Waals surface area contributed by atoms with Gasteiger partial charge in [0.1, 0.15) is 6.54 Å². The second kappa shape index (κ2) is 9.10. The van der Waals surface area contributed by atoms with E-state index in [1.54, 1.807) is 0 Å².